The molecule has 0 aliphatic heterocycles. The van der Waals surface area contributed by atoms with E-state index in [1.54, 1.807) is 19.2 Å². The van der Waals surface area contributed by atoms with Crippen molar-refractivity contribution >= 4 is 33.4 Å². The number of nitrogens with one attached hydrogen (secondary N) is 2. The highest BCUT2D eigenvalue weighted by Gasteiger charge is 2.16. The van der Waals surface area contributed by atoms with Crippen molar-refractivity contribution in [1.82, 2.24) is 10.0 Å². The number of rotatable bonds is 6. The summed E-state index contributed by atoms with van der Waals surface area (Å²) < 4.78 is 26.5. The Bertz CT molecular complexity index is 506. The third kappa shape index (κ3) is 4.13. The molecule has 1 aromatic rings. The van der Waals surface area contributed by atoms with Gasteiger partial charge in [0.15, 0.2) is 0 Å². The third-order valence-corrected chi connectivity index (χ3v) is 5.15. The van der Waals surface area contributed by atoms with Crippen LogP contribution >= 0.6 is 23.4 Å². The molecular formula is C11H17ClN2O2S2. The number of benzene rings is 1. The summed E-state index contributed by atoms with van der Waals surface area (Å²) in [5, 5.41) is 3.41. The average Bonchev–Trinajstić information content (AvgIpc) is 2.35. The molecule has 0 saturated heterocycles. The van der Waals surface area contributed by atoms with Crippen molar-refractivity contribution in [2.24, 2.45) is 0 Å². The molecule has 0 bridgehead atoms. The molecule has 1 aromatic carbocycles. The number of thioether (sulfide) groups is 1. The number of hydrogen-bond acceptors (Lipinski definition) is 4. The zero-order valence-electron chi connectivity index (χ0n) is 10.5. The second kappa shape index (κ2) is 6.77. The van der Waals surface area contributed by atoms with Gasteiger partial charge in [-0.05, 0) is 38.4 Å². The fraction of sp³-hybridized carbons (Fsp3) is 0.455. The van der Waals surface area contributed by atoms with Crippen molar-refractivity contribution in [3.8, 4) is 0 Å². The summed E-state index contributed by atoms with van der Waals surface area (Å²) in [5.74, 6) is 0. The van der Waals surface area contributed by atoms with E-state index < -0.39 is 10.0 Å². The second-order valence-electron chi connectivity index (χ2n) is 3.84. The summed E-state index contributed by atoms with van der Waals surface area (Å²) in [6.45, 7) is 2.23. The first-order valence-corrected chi connectivity index (χ1v) is 8.49. The van der Waals surface area contributed by atoms with E-state index in [4.69, 9.17) is 11.6 Å². The Morgan fingerprint density at radius 1 is 1.44 bits per heavy atom. The highest BCUT2D eigenvalue weighted by Crippen LogP contribution is 2.27. The second-order valence-corrected chi connectivity index (χ2v) is 6.86. The molecule has 0 fully saturated rings. The van der Waals surface area contributed by atoms with Gasteiger partial charge in [0.2, 0.25) is 10.0 Å². The van der Waals surface area contributed by atoms with Crippen molar-refractivity contribution in [3.05, 3.63) is 23.2 Å². The van der Waals surface area contributed by atoms with Gasteiger partial charge in [-0.15, -0.1) is 11.8 Å². The monoisotopic (exact) mass is 308 g/mol. The number of sulfonamides is 1. The quantitative estimate of drug-likeness (QED) is 0.789. The lowest BCUT2D eigenvalue weighted by molar-refractivity contribution is 0.554. The summed E-state index contributed by atoms with van der Waals surface area (Å²) >= 11 is 7.48. The van der Waals surface area contributed by atoms with Crippen LogP contribution in [-0.4, -0.2) is 34.3 Å². The maximum Gasteiger partial charge on any atom is 0.240 e. The SMILES string of the molecule is CNC(C)CNS(=O)(=O)c1ccc(SC)c(Cl)c1. The van der Waals surface area contributed by atoms with Gasteiger partial charge >= 0.3 is 0 Å². The minimum atomic E-state index is -3.50. The van der Waals surface area contributed by atoms with E-state index in [0.29, 0.717) is 11.6 Å². The maximum absolute atomic E-state index is 12.0. The molecule has 0 saturated carbocycles. The first-order valence-electron chi connectivity index (χ1n) is 5.41. The van der Waals surface area contributed by atoms with Crippen LogP contribution in [0.15, 0.2) is 28.0 Å². The first kappa shape index (κ1) is 15.8. The van der Waals surface area contributed by atoms with Gasteiger partial charge < -0.3 is 5.32 Å². The van der Waals surface area contributed by atoms with Crippen molar-refractivity contribution < 1.29 is 8.42 Å². The van der Waals surface area contributed by atoms with Gasteiger partial charge in [-0.3, -0.25) is 0 Å². The van der Waals surface area contributed by atoms with E-state index in [0.717, 1.165) is 4.90 Å². The van der Waals surface area contributed by atoms with E-state index >= 15 is 0 Å². The Hall–Kier alpha value is -0.270. The van der Waals surface area contributed by atoms with Crippen molar-refractivity contribution in [2.75, 3.05) is 19.8 Å². The van der Waals surface area contributed by atoms with Crippen LogP contribution in [0, 0.1) is 0 Å². The molecule has 4 nitrogen and oxygen atoms in total. The Kier molecular flexibility index (Phi) is 5.94. The minimum absolute atomic E-state index is 0.0701. The van der Waals surface area contributed by atoms with E-state index in [1.807, 2.05) is 13.2 Å². The number of likely N-dealkylation sites (N-methyl/N-ethyl adjacent to an activating group) is 1. The summed E-state index contributed by atoms with van der Waals surface area (Å²) in [6, 6.07) is 4.81. The van der Waals surface area contributed by atoms with Gasteiger partial charge in [-0.2, -0.15) is 0 Å². The average molecular weight is 309 g/mol. The fourth-order valence-electron chi connectivity index (χ4n) is 1.23. The largest absolute Gasteiger partial charge is 0.316 e. The molecule has 2 N–H and O–H groups in total. The van der Waals surface area contributed by atoms with E-state index in [9.17, 15) is 8.42 Å². The molecule has 7 heteroatoms. The summed E-state index contributed by atoms with van der Waals surface area (Å²) in [7, 11) is -1.72. The van der Waals surface area contributed by atoms with Crippen molar-refractivity contribution in [1.29, 1.82) is 0 Å². The Morgan fingerprint density at radius 2 is 2.11 bits per heavy atom. The van der Waals surface area contributed by atoms with E-state index in [1.165, 1.54) is 17.8 Å². The molecule has 0 aliphatic rings. The fourth-order valence-corrected chi connectivity index (χ4v) is 3.33. The highest BCUT2D eigenvalue weighted by molar-refractivity contribution is 7.98. The number of hydrogen-bond donors (Lipinski definition) is 2. The zero-order chi connectivity index (χ0) is 13.8. The van der Waals surface area contributed by atoms with Gasteiger partial charge in [0, 0.05) is 17.5 Å². The maximum atomic E-state index is 12.0. The third-order valence-electron chi connectivity index (χ3n) is 2.51. The Labute approximate surface area is 118 Å². The smallest absolute Gasteiger partial charge is 0.240 e. The number of halogens is 1. The zero-order valence-corrected chi connectivity index (χ0v) is 12.9. The summed E-state index contributed by atoms with van der Waals surface area (Å²) in [4.78, 5) is 1.05. The summed E-state index contributed by atoms with van der Waals surface area (Å²) in [6.07, 6.45) is 1.89. The van der Waals surface area contributed by atoms with Crippen LogP contribution in [0.3, 0.4) is 0 Å². The van der Waals surface area contributed by atoms with Gasteiger partial charge in [0.1, 0.15) is 0 Å². The lowest BCUT2D eigenvalue weighted by Crippen LogP contribution is -2.37. The topological polar surface area (TPSA) is 58.2 Å². The molecule has 1 rings (SSSR count). The normalized spacial score (nSPS) is 13.6. The summed E-state index contributed by atoms with van der Waals surface area (Å²) in [5.41, 5.74) is 0. The van der Waals surface area contributed by atoms with Crippen LogP contribution in [-0.2, 0) is 10.0 Å². The molecule has 0 aliphatic carbocycles. The highest BCUT2D eigenvalue weighted by atomic mass is 35.5. The predicted molar refractivity (Wildman–Crippen MR) is 76.9 cm³/mol. The molecule has 0 radical (unpaired) electrons. The van der Waals surface area contributed by atoms with Crippen LogP contribution in [0.25, 0.3) is 0 Å². The van der Waals surface area contributed by atoms with Gasteiger partial charge in [0.25, 0.3) is 0 Å². The predicted octanol–water partition coefficient (Wildman–Crippen LogP) is 1.95. The van der Waals surface area contributed by atoms with Crippen molar-refractivity contribution in [2.45, 2.75) is 22.8 Å². The molecule has 18 heavy (non-hydrogen) atoms. The Morgan fingerprint density at radius 3 is 2.61 bits per heavy atom. The molecule has 0 heterocycles. The van der Waals surface area contributed by atoms with Crippen LogP contribution < -0.4 is 10.0 Å². The molecule has 0 amide bonds. The van der Waals surface area contributed by atoms with Crippen LogP contribution in [0.2, 0.25) is 5.02 Å². The van der Waals surface area contributed by atoms with Crippen LogP contribution in [0.4, 0.5) is 0 Å². The van der Waals surface area contributed by atoms with Crippen LogP contribution in [0.1, 0.15) is 6.92 Å². The Balaban J connectivity index is 2.88. The molecule has 1 unspecified atom stereocenters. The van der Waals surface area contributed by atoms with Gasteiger partial charge in [0.05, 0.1) is 9.92 Å². The molecule has 1 atom stereocenters. The van der Waals surface area contributed by atoms with Crippen molar-refractivity contribution in [3.63, 3.8) is 0 Å². The molecule has 0 aromatic heterocycles. The molecular weight excluding hydrogens is 292 g/mol. The van der Waals surface area contributed by atoms with E-state index in [-0.39, 0.29) is 10.9 Å². The van der Waals surface area contributed by atoms with E-state index in [2.05, 4.69) is 10.0 Å². The lowest BCUT2D eigenvalue weighted by atomic mass is 10.4. The van der Waals surface area contributed by atoms with Gasteiger partial charge in [-0.1, -0.05) is 11.6 Å². The lowest BCUT2D eigenvalue weighted by Gasteiger charge is -2.12. The van der Waals surface area contributed by atoms with Gasteiger partial charge in [-0.25, -0.2) is 13.1 Å². The minimum Gasteiger partial charge on any atom is -0.316 e. The molecule has 102 valence electrons. The van der Waals surface area contributed by atoms with Crippen LogP contribution in [0.5, 0.6) is 0 Å². The first-order chi connectivity index (χ1) is 8.40. The molecule has 0 spiro atoms. The standard InChI is InChI=1S/C11H17ClN2O2S2/c1-8(13-2)7-14-18(15,16)9-4-5-11(17-3)10(12)6-9/h4-6,8,13-14H,7H2,1-3H3.